The zero-order valence-corrected chi connectivity index (χ0v) is 7.30. The van der Waals surface area contributed by atoms with Crippen LogP contribution in [0.15, 0.2) is 23.1 Å². The van der Waals surface area contributed by atoms with Crippen LogP contribution in [-0.2, 0) is 11.1 Å². The smallest absolute Gasteiger partial charge is 0.186 e. The number of aldehydes is 1. The summed E-state index contributed by atoms with van der Waals surface area (Å²) in [6, 6.07) is 4.59. The molecule has 0 heterocycles. The van der Waals surface area contributed by atoms with Crippen molar-refractivity contribution < 1.29 is 13.6 Å². The summed E-state index contributed by atoms with van der Waals surface area (Å²) in [6.45, 7) is 1.77. The summed E-state index contributed by atoms with van der Waals surface area (Å²) < 4.78 is 19.3. The predicted octanol–water partition coefficient (Wildman–Crippen LogP) is 1.39. The van der Waals surface area contributed by atoms with Gasteiger partial charge in [-0.25, -0.2) is 4.21 Å². The number of hydrogen-bond acceptors (Lipinski definition) is 2. The van der Waals surface area contributed by atoms with E-state index in [0.717, 1.165) is 5.56 Å². The molecule has 0 aliphatic rings. The van der Waals surface area contributed by atoms with Crippen molar-refractivity contribution in [3.05, 3.63) is 29.3 Å². The van der Waals surface area contributed by atoms with E-state index >= 15 is 0 Å². The summed E-state index contributed by atoms with van der Waals surface area (Å²) in [5.41, 5.74) is 1.26. The highest BCUT2D eigenvalue weighted by Gasteiger charge is 2.02. The van der Waals surface area contributed by atoms with Gasteiger partial charge in [0.25, 0.3) is 0 Å². The molecule has 0 bridgehead atoms. The summed E-state index contributed by atoms with van der Waals surface area (Å²) >= 11 is -2.01. The molecule has 0 fully saturated rings. The number of carbonyl (C=O) groups is 1. The first kappa shape index (κ1) is 9.09. The first-order chi connectivity index (χ1) is 5.65. The van der Waals surface area contributed by atoms with Gasteiger partial charge in [0, 0.05) is 5.56 Å². The topological polar surface area (TPSA) is 54.4 Å². The Bertz CT molecular complexity index is 333. The molecule has 3 nitrogen and oxygen atoms in total. The maximum Gasteiger partial charge on any atom is 0.186 e. The Hall–Kier alpha value is -1.00. The number of carbonyl (C=O) groups excluding carboxylic acids is 1. The van der Waals surface area contributed by atoms with Gasteiger partial charge < -0.3 is 4.55 Å². The van der Waals surface area contributed by atoms with Gasteiger partial charge in [0.1, 0.15) is 6.29 Å². The number of rotatable bonds is 2. The van der Waals surface area contributed by atoms with E-state index in [4.69, 9.17) is 4.55 Å². The van der Waals surface area contributed by atoms with E-state index in [2.05, 4.69) is 0 Å². The Morgan fingerprint density at radius 1 is 1.50 bits per heavy atom. The van der Waals surface area contributed by atoms with Gasteiger partial charge in [0.05, 0.1) is 4.90 Å². The number of benzene rings is 1. The Kier molecular flexibility index (Phi) is 2.73. The largest absolute Gasteiger partial charge is 0.302 e. The zero-order chi connectivity index (χ0) is 9.14. The van der Waals surface area contributed by atoms with Crippen molar-refractivity contribution in [3.8, 4) is 0 Å². The fourth-order valence-electron chi connectivity index (χ4n) is 0.854. The Morgan fingerprint density at radius 2 is 2.17 bits per heavy atom. The van der Waals surface area contributed by atoms with Crippen LogP contribution in [0.2, 0.25) is 0 Å². The standard InChI is InChI=1S/C8H8O3S/c1-6-2-3-8(12(10)11)4-7(6)5-9/h2-5H,1H3,(H,10,11). The van der Waals surface area contributed by atoms with E-state index in [1.165, 1.54) is 12.1 Å². The first-order valence-electron chi connectivity index (χ1n) is 3.32. The van der Waals surface area contributed by atoms with Crippen LogP contribution in [0, 0.1) is 6.92 Å². The highest BCUT2D eigenvalue weighted by atomic mass is 32.2. The zero-order valence-electron chi connectivity index (χ0n) is 6.48. The van der Waals surface area contributed by atoms with Crippen LogP contribution in [0.5, 0.6) is 0 Å². The molecule has 1 N–H and O–H groups in total. The minimum atomic E-state index is -2.01. The van der Waals surface area contributed by atoms with E-state index in [1.54, 1.807) is 13.0 Å². The molecule has 4 heteroatoms. The summed E-state index contributed by atoms with van der Waals surface area (Å²) in [5, 5.41) is 0. The van der Waals surface area contributed by atoms with Crippen LogP contribution >= 0.6 is 0 Å². The summed E-state index contributed by atoms with van der Waals surface area (Å²) in [5.74, 6) is 0. The highest BCUT2D eigenvalue weighted by molar-refractivity contribution is 7.79. The average Bonchev–Trinajstić information content (AvgIpc) is 2.05. The maximum atomic E-state index is 10.6. The minimum Gasteiger partial charge on any atom is -0.302 e. The van der Waals surface area contributed by atoms with E-state index in [0.29, 0.717) is 11.8 Å². The van der Waals surface area contributed by atoms with Crippen molar-refractivity contribution in [2.24, 2.45) is 0 Å². The monoisotopic (exact) mass is 184 g/mol. The second-order valence-electron chi connectivity index (χ2n) is 2.39. The van der Waals surface area contributed by atoms with Crippen molar-refractivity contribution in [3.63, 3.8) is 0 Å². The second-order valence-corrected chi connectivity index (χ2v) is 3.36. The number of aryl methyl sites for hydroxylation is 1. The van der Waals surface area contributed by atoms with Crippen LogP contribution in [0.4, 0.5) is 0 Å². The first-order valence-corrected chi connectivity index (χ1v) is 4.42. The quantitative estimate of drug-likeness (QED) is 0.558. The lowest BCUT2D eigenvalue weighted by Crippen LogP contribution is -1.92. The molecular formula is C8H8O3S. The molecule has 64 valence electrons. The molecule has 1 atom stereocenters. The summed E-state index contributed by atoms with van der Waals surface area (Å²) in [6.07, 6.45) is 0.672. The van der Waals surface area contributed by atoms with Gasteiger partial charge in [-0.3, -0.25) is 4.79 Å². The molecule has 0 amide bonds. The van der Waals surface area contributed by atoms with E-state index in [1.807, 2.05) is 0 Å². The Balaban J connectivity index is 3.22. The molecule has 0 aromatic heterocycles. The van der Waals surface area contributed by atoms with Gasteiger partial charge in [-0.1, -0.05) is 6.07 Å². The molecular weight excluding hydrogens is 176 g/mol. The molecule has 12 heavy (non-hydrogen) atoms. The molecule has 0 saturated heterocycles. The van der Waals surface area contributed by atoms with Gasteiger partial charge in [-0.15, -0.1) is 0 Å². The molecule has 1 aromatic carbocycles. The van der Waals surface area contributed by atoms with E-state index in [9.17, 15) is 9.00 Å². The van der Waals surface area contributed by atoms with Crippen LogP contribution in [0.25, 0.3) is 0 Å². The lowest BCUT2D eigenvalue weighted by Gasteiger charge is -1.99. The molecule has 0 aliphatic heterocycles. The predicted molar refractivity (Wildman–Crippen MR) is 45.6 cm³/mol. The van der Waals surface area contributed by atoms with Crippen molar-refractivity contribution >= 4 is 17.4 Å². The van der Waals surface area contributed by atoms with E-state index < -0.39 is 11.1 Å². The van der Waals surface area contributed by atoms with Crippen molar-refractivity contribution in [1.29, 1.82) is 0 Å². The van der Waals surface area contributed by atoms with Crippen LogP contribution < -0.4 is 0 Å². The number of hydrogen-bond donors (Lipinski definition) is 1. The fraction of sp³-hybridized carbons (Fsp3) is 0.125. The van der Waals surface area contributed by atoms with Crippen LogP contribution in [-0.4, -0.2) is 15.0 Å². The van der Waals surface area contributed by atoms with E-state index in [-0.39, 0.29) is 4.90 Å². The molecule has 0 saturated carbocycles. The SMILES string of the molecule is Cc1ccc(S(=O)O)cc1C=O. The van der Waals surface area contributed by atoms with Gasteiger partial charge in [0.2, 0.25) is 0 Å². The summed E-state index contributed by atoms with van der Waals surface area (Å²) in [4.78, 5) is 10.7. The van der Waals surface area contributed by atoms with Crippen LogP contribution in [0.1, 0.15) is 15.9 Å². The minimum absolute atomic E-state index is 0.253. The maximum absolute atomic E-state index is 10.6. The third kappa shape index (κ3) is 1.78. The lowest BCUT2D eigenvalue weighted by atomic mass is 10.1. The molecule has 1 rings (SSSR count). The summed E-state index contributed by atoms with van der Waals surface area (Å²) in [7, 11) is 0. The molecule has 1 aromatic rings. The van der Waals surface area contributed by atoms with Gasteiger partial charge >= 0.3 is 0 Å². The normalized spacial score (nSPS) is 12.5. The average molecular weight is 184 g/mol. The molecule has 0 aliphatic carbocycles. The van der Waals surface area contributed by atoms with Gasteiger partial charge in [0.15, 0.2) is 11.1 Å². The van der Waals surface area contributed by atoms with Crippen molar-refractivity contribution in [1.82, 2.24) is 0 Å². The van der Waals surface area contributed by atoms with Crippen LogP contribution in [0.3, 0.4) is 0 Å². The second kappa shape index (κ2) is 3.60. The Morgan fingerprint density at radius 3 is 2.67 bits per heavy atom. The van der Waals surface area contributed by atoms with Gasteiger partial charge in [-0.05, 0) is 24.6 Å². The fourth-order valence-corrected chi connectivity index (χ4v) is 1.27. The molecule has 0 spiro atoms. The van der Waals surface area contributed by atoms with Gasteiger partial charge in [-0.2, -0.15) is 0 Å². The highest BCUT2D eigenvalue weighted by Crippen LogP contribution is 2.11. The van der Waals surface area contributed by atoms with Crippen molar-refractivity contribution in [2.75, 3.05) is 0 Å². The molecule has 0 radical (unpaired) electrons. The Labute approximate surface area is 72.7 Å². The third-order valence-electron chi connectivity index (χ3n) is 1.58. The molecule has 1 unspecified atom stereocenters. The van der Waals surface area contributed by atoms with Crippen molar-refractivity contribution in [2.45, 2.75) is 11.8 Å². The lowest BCUT2D eigenvalue weighted by molar-refractivity contribution is 0.112. The third-order valence-corrected chi connectivity index (χ3v) is 2.24.